The average molecular weight is 1120 g/mol. The molecule has 0 aliphatic heterocycles. The molecule has 8 saturated carbocycles. The summed E-state index contributed by atoms with van der Waals surface area (Å²) in [5.41, 5.74) is 0.325. The van der Waals surface area contributed by atoms with Crippen molar-refractivity contribution in [1.82, 2.24) is 10.6 Å². The monoisotopic (exact) mass is 1120 g/mol. The van der Waals surface area contributed by atoms with Crippen LogP contribution in [0.3, 0.4) is 0 Å². The first-order chi connectivity index (χ1) is 36.1. The Morgan fingerprint density at radius 3 is 1.25 bits per heavy atom. The lowest BCUT2D eigenvalue weighted by Gasteiger charge is -2.62. The summed E-state index contributed by atoms with van der Waals surface area (Å²) in [6.45, 7) is 14.0. The Labute approximate surface area is 461 Å². The zero-order valence-electron chi connectivity index (χ0n) is 47.4. The number of ether oxygens (including phenoxy) is 2. The van der Waals surface area contributed by atoms with Crippen LogP contribution < -0.4 is 10.6 Å². The fourth-order valence-electron chi connectivity index (χ4n) is 19.7. The Kier molecular flexibility index (Phi) is 19.1. The molecule has 2 unspecified atom stereocenters. The normalized spacial score (nSPS) is 41.2. The Bertz CT molecular complexity index is 2180. The lowest BCUT2D eigenvalue weighted by atomic mass is 9.43. The summed E-state index contributed by atoms with van der Waals surface area (Å²) in [7, 11) is -8.25. The molecular weight excluding hydrogens is 1020 g/mol. The van der Waals surface area contributed by atoms with Gasteiger partial charge < -0.3 is 30.3 Å². The summed E-state index contributed by atoms with van der Waals surface area (Å²) in [5.74, 6) is 2.45. The van der Waals surface area contributed by atoms with Crippen molar-refractivity contribution in [3.63, 3.8) is 0 Å². The van der Waals surface area contributed by atoms with Gasteiger partial charge in [0.05, 0.1) is 23.7 Å². The second-order valence-electron chi connectivity index (χ2n) is 27.7. The van der Waals surface area contributed by atoms with Crippen molar-refractivity contribution in [2.45, 2.75) is 226 Å². The molecule has 20 atom stereocenters. The molecule has 6 N–H and O–H groups in total. The number of carbonyl (C=O) groups is 4. The third-order valence-electron chi connectivity index (χ3n) is 23.7. The molecule has 16 nitrogen and oxygen atoms in total. The summed E-state index contributed by atoms with van der Waals surface area (Å²) in [6, 6.07) is 0. The molecule has 0 radical (unpaired) electrons. The van der Waals surface area contributed by atoms with Gasteiger partial charge in [0, 0.05) is 38.8 Å². The number of esters is 2. The molecule has 0 heterocycles. The summed E-state index contributed by atoms with van der Waals surface area (Å²) >= 11 is 0. The minimum Gasteiger partial charge on any atom is -0.462 e. The summed E-state index contributed by atoms with van der Waals surface area (Å²) < 4.78 is 74.4. The lowest BCUT2D eigenvalue weighted by molar-refractivity contribution is -0.183. The SMILES string of the molecule is C[C@H](CCC(=O)NCCS(=O)(=O)O)[C@H]1CC[C@H]2[C@@H]3[C@@H](O)CC4C[C@H](OC(=O)CCCCCC(=O)O[C@@H]5CC[C@@]6(C)C(C5)C[C@H](O)[C@H]5[C@@H]7CC[C@H]([C@H](C)CCC(=O)NCCS(=O)(=O)O)[C@@]7(C)CC[C@@H]56)CC[C@]4(C)[C@H]3CC[C@]12C. The summed E-state index contributed by atoms with van der Waals surface area (Å²) in [6.07, 6.45) is 18.9. The largest absolute Gasteiger partial charge is 0.462 e. The molecule has 8 fully saturated rings. The van der Waals surface area contributed by atoms with Crippen molar-refractivity contribution < 1.29 is 64.8 Å². The van der Waals surface area contributed by atoms with Crippen LogP contribution in [0.4, 0.5) is 0 Å². The molecule has 0 aromatic carbocycles. The van der Waals surface area contributed by atoms with Crippen molar-refractivity contribution in [3.05, 3.63) is 0 Å². The van der Waals surface area contributed by atoms with Gasteiger partial charge in [-0.3, -0.25) is 28.3 Å². The third kappa shape index (κ3) is 13.4. The zero-order valence-corrected chi connectivity index (χ0v) is 49.1. The second-order valence-corrected chi connectivity index (χ2v) is 30.8. The smallest absolute Gasteiger partial charge is 0.306 e. The van der Waals surface area contributed by atoms with Gasteiger partial charge in [0.1, 0.15) is 12.2 Å². The molecule has 0 aromatic rings. The molecule has 0 aromatic heterocycles. The van der Waals surface area contributed by atoms with E-state index in [0.717, 1.165) is 109 Å². The highest BCUT2D eigenvalue weighted by Crippen LogP contribution is 2.70. The Morgan fingerprint density at radius 1 is 0.506 bits per heavy atom. The molecule has 8 rings (SSSR count). The number of carbonyl (C=O) groups excluding carboxylic acids is 4. The van der Waals surface area contributed by atoms with Gasteiger partial charge in [-0.1, -0.05) is 48.0 Å². The lowest BCUT2D eigenvalue weighted by Crippen LogP contribution is -2.58. The van der Waals surface area contributed by atoms with Gasteiger partial charge in [-0.15, -0.1) is 0 Å². The van der Waals surface area contributed by atoms with E-state index in [-0.39, 0.29) is 94.4 Å². The minimum atomic E-state index is -4.12. The van der Waals surface area contributed by atoms with Crippen LogP contribution in [0.2, 0.25) is 0 Å². The van der Waals surface area contributed by atoms with Crippen LogP contribution >= 0.6 is 0 Å². The summed E-state index contributed by atoms with van der Waals surface area (Å²) in [4.78, 5) is 51.4. The van der Waals surface area contributed by atoms with Crippen molar-refractivity contribution in [2.24, 2.45) is 92.7 Å². The van der Waals surface area contributed by atoms with Crippen LogP contribution in [0.25, 0.3) is 0 Å². The Balaban J connectivity index is 0.719. The van der Waals surface area contributed by atoms with E-state index in [1.54, 1.807) is 0 Å². The molecule has 8 aliphatic carbocycles. The number of amides is 2. The van der Waals surface area contributed by atoms with Gasteiger partial charge in [0.15, 0.2) is 0 Å². The van der Waals surface area contributed by atoms with Gasteiger partial charge in [-0.25, -0.2) is 0 Å². The molecule has 0 saturated heterocycles. The number of hydrogen-bond donors (Lipinski definition) is 6. The fourth-order valence-corrected chi connectivity index (χ4v) is 20.4. The van der Waals surface area contributed by atoms with E-state index in [0.29, 0.717) is 98.7 Å². The molecule has 8 aliphatic rings. The molecule has 0 bridgehead atoms. The van der Waals surface area contributed by atoms with Crippen molar-refractivity contribution in [3.8, 4) is 0 Å². The topological polar surface area (TPSA) is 260 Å². The Morgan fingerprint density at radius 2 is 0.870 bits per heavy atom. The van der Waals surface area contributed by atoms with E-state index >= 15 is 0 Å². The molecule has 2 amide bonds. The zero-order chi connectivity index (χ0) is 55.9. The third-order valence-corrected chi connectivity index (χ3v) is 25.1. The van der Waals surface area contributed by atoms with E-state index in [9.17, 15) is 46.2 Å². The number of nitrogens with one attached hydrogen (secondary N) is 2. The molecular formula is C59H98N2O14S2. The van der Waals surface area contributed by atoms with Crippen LogP contribution in [-0.2, 0) is 48.9 Å². The van der Waals surface area contributed by atoms with Crippen LogP contribution in [0.5, 0.6) is 0 Å². The van der Waals surface area contributed by atoms with Crippen LogP contribution in [-0.4, -0.2) is 109 Å². The number of fused-ring (bicyclic) bond motifs is 10. The number of hydrogen-bond acceptors (Lipinski definition) is 12. The Hall–Kier alpha value is -2.38. The van der Waals surface area contributed by atoms with Crippen molar-refractivity contribution in [2.75, 3.05) is 24.6 Å². The van der Waals surface area contributed by atoms with Gasteiger partial charge in [-0.05, 0) is 221 Å². The molecule has 77 heavy (non-hydrogen) atoms. The first-order valence-corrected chi connectivity index (χ1v) is 33.6. The summed E-state index contributed by atoms with van der Waals surface area (Å²) in [5, 5.41) is 29.1. The van der Waals surface area contributed by atoms with E-state index in [2.05, 4.69) is 52.2 Å². The average Bonchev–Trinajstić information content (AvgIpc) is 3.95. The standard InChI is InChI=1S/C59H98N2O14S2/c1-36(12-18-50(64)60-28-30-76(68,69)70)42-14-16-44-54-46(22-26-58(42,44)5)56(3)24-20-40(32-38(56)34-48(54)62)74-52(66)10-8-7-9-11-53(67)75-41-21-25-57(4)39(33-41)35-49(63)55-45-17-15-43(59(45,6)27-23-47(55)57)37(2)13-19-51(65)61-29-31-77(71,72)73/h36-49,54-55,62-63H,7-35H2,1-6H3,(H,60,64)(H,61,65)(H,68,69,70)(H,71,72,73)/t36-,37-,38?,39?,40-,41-,42-,43-,44+,45+,46+,47+,48+,49+,54+,55+,56+,57+,58-,59-/m1/s1. The van der Waals surface area contributed by atoms with Crippen LogP contribution in [0.1, 0.15) is 202 Å². The van der Waals surface area contributed by atoms with E-state index in [4.69, 9.17) is 18.6 Å². The fraction of sp³-hybridized carbons (Fsp3) is 0.932. The van der Waals surface area contributed by atoms with Crippen LogP contribution in [0.15, 0.2) is 0 Å². The predicted molar refractivity (Wildman–Crippen MR) is 292 cm³/mol. The van der Waals surface area contributed by atoms with Crippen molar-refractivity contribution >= 4 is 44.0 Å². The van der Waals surface area contributed by atoms with Gasteiger partial charge in [0.25, 0.3) is 20.2 Å². The van der Waals surface area contributed by atoms with Gasteiger partial charge in [0.2, 0.25) is 11.8 Å². The first-order valence-electron chi connectivity index (χ1n) is 30.3. The number of unbranched alkanes of at least 4 members (excludes halogenated alkanes) is 2. The van der Waals surface area contributed by atoms with E-state index in [1.165, 1.54) is 0 Å². The highest BCUT2D eigenvalue weighted by molar-refractivity contribution is 7.86. The van der Waals surface area contributed by atoms with E-state index in [1.807, 2.05) is 0 Å². The predicted octanol–water partition coefficient (Wildman–Crippen LogP) is 8.86. The highest BCUT2D eigenvalue weighted by Gasteiger charge is 2.65. The molecule has 440 valence electrons. The number of aliphatic hydroxyl groups is 2. The van der Waals surface area contributed by atoms with E-state index < -0.39 is 43.9 Å². The van der Waals surface area contributed by atoms with Crippen LogP contribution in [0, 0.1) is 92.7 Å². The molecule has 18 heteroatoms. The maximum Gasteiger partial charge on any atom is 0.306 e. The number of rotatable bonds is 22. The number of aliphatic hydroxyl groups excluding tert-OH is 2. The van der Waals surface area contributed by atoms with Gasteiger partial charge >= 0.3 is 11.9 Å². The first kappa shape index (κ1) is 60.7. The minimum absolute atomic E-state index is 0.0796. The van der Waals surface area contributed by atoms with Crippen molar-refractivity contribution in [1.29, 1.82) is 0 Å². The van der Waals surface area contributed by atoms with Gasteiger partial charge in [-0.2, -0.15) is 16.8 Å². The highest BCUT2D eigenvalue weighted by atomic mass is 32.2. The maximum atomic E-state index is 13.2. The second kappa shape index (κ2) is 24.2. The maximum absolute atomic E-state index is 13.2. The quantitative estimate of drug-likeness (QED) is 0.0336. The molecule has 0 spiro atoms.